The van der Waals surface area contributed by atoms with E-state index in [-0.39, 0.29) is 0 Å². The molecule has 2 heteroatoms. The highest BCUT2D eigenvalue weighted by atomic mass is 35.5. The first-order chi connectivity index (χ1) is 10.2. The summed E-state index contributed by atoms with van der Waals surface area (Å²) in [7, 11) is 0. The van der Waals surface area contributed by atoms with Crippen molar-refractivity contribution in [1.29, 1.82) is 0 Å². The molecule has 0 bridgehead atoms. The van der Waals surface area contributed by atoms with Crippen LogP contribution >= 0.6 is 11.6 Å². The molecule has 0 aromatic heterocycles. The van der Waals surface area contributed by atoms with E-state index < -0.39 is 0 Å². The van der Waals surface area contributed by atoms with Crippen molar-refractivity contribution in [3.05, 3.63) is 28.8 Å². The summed E-state index contributed by atoms with van der Waals surface area (Å²) in [5.41, 5.74) is 1.24. The third-order valence-electron chi connectivity index (χ3n) is 4.79. The molecule has 1 saturated carbocycles. The lowest BCUT2D eigenvalue weighted by molar-refractivity contribution is 0.272. The van der Waals surface area contributed by atoms with Gasteiger partial charge in [0.2, 0.25) is 0 Å². The normalized spacial score (nSPS) is 22.2. The van der Waals surface area contributed by atoms with Gasteiger partial charge in [-0.15, -0.1) is 0 Å². The molecule has 0 radical (unpaired) electrons. The standard InChI is InChI=1S/C19H29ClO/c1-3-21-18-10-6-9-17(19(18)20)8-5-4-7-16-13-11-15(2)12-14-16/h6,9-10,15-16H,3-5,7-8,11-14H2,1-2H3. The summed E-state index contributed by atoms with van der Waals surface area (Å²) >= 11 is 6.41. The Morgan fingerprint density at radius 3 is 2.62 bits per heavy atom. The largest absolute Gasteiger partial charge is 0.492 e. The predicted molar refractivity (Wildman–Crippen MR) is 91.3 cm³/mol. The predicted octanol–water partition coefficient (Wildman–Crippen LogP) is 6.28. The summed E-state index contributed by atoms with van der Waals surface area (Å²) in [6.45, 7) is 5.06. The van der Waals surface area contributed by atoms with Crippen molar-refractivity contribution < 1.29 is 4.74 Å². The SMILES string of the molecule is CCOc1cccc(CCCCC2CCC(C)CC2)c1Cl. The van der Waals surface area contributed by atoms with Gasteiger partial charge in [-0.2, -0.15) is 0 Å². The first kappa shape index (κ1) is 16.7. The second kappa shape index (κ2) is 8.68. The van der Waals surface area contributed by atoms with Gasteiger partial charge in [-0.25, -0.2) is 0 Å². The van der Waals surface area contributed by atoms with Crippen molar-refractivity contribution in [3.63, 3.8) is 0 Å². The van der Waals surface area contributed by atoms with Crippen LogP contribution < -0.4 is 4.74 Å². The molecule has 0 heterocycles. The summed E-state index contributed by atoms with van der Waals surface area (Å²) in [6.07, 6.45) is 10.8. The van der Waals surface area contributed by atoms with E-state index in [2.05, 4.69) is 19.1 Å². The van der Waals surface area contributed by atoms with Gasteiger partial charge >= 0.3 is 0 Å². The minimum atomic E-state index is 0.670. The summed E-state index contributed by atoms with van der Waals surface area (Å²) in [5.74, 6) is 2.77. The van der Waals surface area contributed by atoms with E-state index in [4.69, 9.17) is 16.3 Å². The number of unbranched alkanes of at least 4 members (excludes halogenated alkanes) is 1. The Labute approximate surface area is 135 Å². The van der Waals surface area contributed by atoms with Gasteiger partial charge in [0, 0.05) is 0 Å². The molecule has 118 valence electrons. The molecule has 1 aliphatic rings. The Bertz CT molecular complexity index is 422. The van der Waals surface area contributed by atoms with Crippen molar-refractivity contribution in [3.8, 4) is 5.75 Å². The van der Waals surface area contributed by atoms with Gasteiger partial charge < -0.3 is 4.74 Å². The Kier molecular flexibility index (Phi) is 6.89. The van der Waals surface area contributed by atoms with E-state index in [1.165, 1.54) is 50.5 Å². The maximum Gasteiger partial charge on any atom is 0.138 e. The van der Waals surface area contributed by atoms with Gasteiger partial charge in [0.1, 0.15) is 5.75 Å². The van der Waals surface area contributed by atoms with Gasteiger partial charge in [0.15, 0.2) is 0 Å². The van der Waals surface area contributed by atoms with Crippen LogP contribution in [0.5, 0.6) is 5.75 Å². The molecule has 21 heavy (non-hydrogen) atoms. The van der Waals surface area contributed by atoms with E-state index in [9.17, 15) is 0 Å². The highest BCUT2D eigenvalue weighted by Gasteiger charge is 2.17. The van der Waals surface area contributed by atoms with Gasteiger partial charge in [-0.3, -0.25) is 0 Å². The zero-order valence-electron chi connectivity index (χ0n) is 13.5. The number of halogens is 1. The van der Waals surface area contributed by atoms with Crippen molar-refractivity contribution in [2.75, 3.05) is 6.61 Å². The van der Waals surface area contributed by atoms with Crippen LogP contribution in [0.15, 0.2) is 18.2 Å². The maximum absolute atomic E-state index is 6.41. The fourth-order valence-electron chi connectivity index (χ4n) is 3.38. The summed E-state index contributed by atoms with van der Waals surface area (Å²) in [4.78, 5) is 0. The Balaban J connectivity index is 1.72. The highest BCUT2D eigenvalue weighted by Crippen LogP contribution is 2.32. The fourth-order valence-corrected chi connectivity index (χ4v) is 3.66. The fraction of sp³-hybridized carbons (Fsp3) is 0.684. The molecular weight excluding hydrogens is 280 g/mol. The van der Waals surface area contributed by atoms with E-state index >= 15 is 0 Å². The molecule has 1 nitrogen and oxygen atoms in total. The third kappa shape index (κ3) is 5.21. The van der Waals surface area contributed by atoms with Crippen LogP contribution in [0, 0.1) is 11.8 Å². The molecule has 0 N–H and O–H groups in total. The van der Waals surface area contributed by atoms with Crippen LogP contribution in [0.1, 0.15) is 64.4 Å². The minimum absolute atomic E-state index is 0.670. The topological polar surface area (TPSA) is 9.23 Å². The molecule has 0 spiro atoms. The molecule has 1 aromatic rings. The monoisotopic (exact) mass is 308 g/mol. The summed E-state index contributed by atoms with van der Waals surface area (Å²) < 4.78 is 5.56. The van der Waals surface area contributed by atoms with Crippen LogP contribution in [0.3, 0.4) is 0 Å². The lowest BCUT2D eigenvalue weighted by atomic mass is 9.80. The average Bonchev–Trinajstić information content (AvgIpc) is 2.49. The first-order valence-corrected chi connectivity index (χ1v) is 8.98. The minimum Gasteiger partial charge on any atom is -0.492 e. The smallest absolute Gasteiger partial charge is 0.138 e. The zero-order chi connectivity index (χ0) is 15.1. The number of rotatable bonds is 7. The number of hydrogen-bond donors (Lipinski definition) is 0. The van der Waals surface area contributed by atoms with Crippen LogP contribution in [0.4, 0.5) is 0 Å². The van der Waals surface area contributed by atoms with Gasteiger partial charge in [-0.1, -0.05) is 69.2 Å². The maximum atomic E-state index is 6.41. The van der Waals surface area contributed by atoms with Crippen LogP contribution in [0.25, 0.3) is 0 Å². The number of ether oxygens (including phenoxy) is 1. The summed E-state index contributed by atoms with van der Waals surface area (Å²) in [6, 6.07) is 6.14. The quantitative estimate of drug-likeness (QED) is 0.539. The lowest BCUT2D eigenvalue weighted by Crippen LogP contribution is -2.12. The molecule has 1 aromatic carbocycles. The van der Waals surface area contributed by atoms with Crippen molar-refractivity contribution >= 4 is 11.6 Å². The molecule has 2 rings (SSSR count). The van der Waals surface area contributed by atoms with E-state index in [1.807, 2.05) is 13.0 Å². The second-order valence-corrected chi connectivity index (χ2v) is 6.91. The number of benzene rings is 1. The third-order valence-corrected chi connectivity index (χ3v) is 5.22. The second-order valence-electron chi connectivity index (χ2n) is 6.53. The Hall–Kier alpha value is -0.690. The highest BCUT2D eigenvalue weighted by molar-refractivity contribution is 6.32. The molecule has 0 unspecified atom stereocenters. The molecule has 0 atom stereocenters. The molecular formula is C19H29ClO. The Morgan fingerprint density at radius 2 is 1.90 bits per heavy atom. The van der Waals surface area contributed by atoms with Gasteiger partial charge in [0.25, 0.3) is 0 Å². The van der Waals surface area contributed by atoms with E-state index in [1.54, 1.807) is 0 Å². The van der Waals surface area contributed by atoms with Crippen LogP contribution in [0.2, 0.25) is 5.02 Å². The molecule has 0 amide bonds. The molecule has 0 aliphatic heterocycles. The Morgan fingerprint density at radius 1 is 1.14 bits per heavy atom. The summed E-state index contributed by atoms with van der Waals surface area (Å²) in [5, 5.41) is 0.811. The van der Waals surface area contributed by atoms with Crippen LogP contribution in [-0.4, -0.2) is 6.61 Å². The van der Waals surface area contributed by atoms with Gasteiger partial charge in [-0.05, 0) is 43.2 Å². The van der Waals surface area contributed by atoms with Gasteiger partial charge in [0.05, 0.1) is 11.6 Å². The van der Waals surface area contributed by atoms with E-state index in [0.717, 1.165) is 29.0 Å². The van der Waals surface area contributed by atoms with Crippen LogP contribution in [-0.2, 0) is 6.42 Å². The number of hydrogen-bond acceptors (Lipinski definition) is 1. The lowest BCUT2D eigenvalue weighted by Gasteiger charge is -2.26. The molecule has 0 saturated heterocycles. The molecule has 1 aliphatic carbocycles. The average molecular weight is 309 g/mol. The first-order valence-electron chi connectivity index (χ1n) is 8.61. The number of aryl methyl sites for hydroxylation is 1. The zero-order valence-corrected chi connectivity index (χ0v) is 14.3. The van der Waals surface area contributed by atoms with Crippen molar-refractivity contribution in [1.82, 2.24) is 0 Å². The van der Waals surface area contributed by atoms with E-state index in [0.29, 0.717) is 6.61 Å². The van der Waals surface area contributed by atoms with Crippen molar-refractivity contribution in [2.24, 2.45) is 11.8 Å². The van der Waals surface area contributed by atoms with Crippen molar-refractivity contribution in [2.45, 2.75) is 65.2 Å². The molecule has 1 fully saturated rings.